The van der Waals surface area contributed by atoms with E-state index in [0.29, 0.717) is 34.9 Å². The predicted molar refractivity (Wildman–Crippen MR) is 271 cm³/mol. The summed E-state index contributed by atoms with van der Waals surface area (Å²) in [7, 11) is 0. The normalized spacial score (nSPS) is 14.6. The van der Waals surface area contributed by atoms with Gasteiger partial charge in [-0.15, -0.1) is 0 Å². The van der Waals surface area contributed by atoms with Gasteiger partial charge in [0.05, 0.1) is 0 Å². The Labute approximate surface area is 399 Å². The zero-order valence-electron chi connectivity index (χ0n) is 37.0. The van der Waals surface area contributed by atoms with Crippen LogP contribution in [0.15, 0.2) is 203 Å². The Morgan fingerprint density at radius 1 is 0.271 bits per heavy atom. The average Bonchev–Trinajstić information content (AvgIpc) is 4.01. The zero-order valence-corrected chi connectivity index (χ0v) is 37.0. The molecule has 3 aliphatic carbocycles. The molecule has 3 aliphatic rings. The van der Waals surface area contributed by atoms with Crippen molar-refractivity contribution in [2.45, 2.75) is 11.8 Å². The molecule has 7 aromatic carbocycles. The van der Waals surface area contributed by atoms with E-state index < -0.39 is 0 Å². The fourth-order valence-electron chi connectivity index (χ4n) is 10.7. The van der Waals surface area contributed by atoms with Crippen LogP contribution < -0.4 is 0 Å². The summed E-state index contributed by atoms with van der Waals surface area (Å²) in [6.07, 6.45) is 7.17. The highest BCUT2D eigenvalue weighted by Gasteiger charge is 2.41. The first-order valence-electron chi connectivity index (χ1n) is 23.2. The summed E-state index contributed by atoms with van der Waals surface area (Å²) in [6, 6.07) is 58.5. The smallest absolute Gasteiger partial charge is 0.164 e. The lowest BCUT2D eigenvalue weighted by atomic mass is 9.61. The highest BCUT2D eigenvalue weighted by molar-refractivity contribution is 6.06. The number of nitrogens with zero attached hydrogens (tertiary/aromatic N) is 8. The largest absolute Gasteiger partial charge is 0.456 e. The molecule has 0 N–H and O–H groups in total. The first-order chi connectivity index (χ1) is 34.6. The molecule has 0 radical (unpaired) electrons. The van der Waals surface area contributed by atoms with Gasteiger partial charge >= 0.3 is 0 Å². The van der Waals surface area contributed by atoms with Crippen molar-refractivity contribution in [1.82, 2.24) is 39.9 Å². The maximum atomic E-state index is 6.14. The highest BCUT2D eigenvalue weighted by atomic mass is 16.3. The molecular weight excluding hydrogens is 865 g/mol. The van der Waals surface area contributed by atoms with E-state index in [9.17, 15) is 0 Å². The van der Waals surface area contributed by atoms with Crippen molar-refractivity contribution >= 4 is 43.9 Å². The van der Waals surface area contributed by atoms with Gasteiger partial charge < -0.3 is 8.83 Å². The Balaban J connectivity index is 0.857. The van der Waals surface area contributed by atoms with E-state index in [1.807, 2.05) is 109 Å². The van der Waals surface area contributed by atoms with E-state index >= 15 is 0 Å². The predicted octanol–water partition coefficient (Wildman–Crippen LogP) is 13.6. The van der Waals surface area contributed by atoms with Gasteiger partial charge in [0.15, 0.2) is 34.9 Å². The van der Waals surface area contributed by atoms with Crippen LogP contribution in [0.2, 0.25) is 0 Å². The lowest BCUT2D eigenvalue weighted by Gasteiger charge is -2.42. The number of furan rings is 2. The third-order valence-electron chi connectivity index (χ3n) is 13.9. The summed E-state index contributed by atoms with van der Waals surface area (Å²) in [5, 5.41) is 3.81. The molecule has 6 heterocycles. The number of fused-ring (bicyclic) bond motifs is 6. The van der Waals surface area contributed by atoms with Gasteiger partial charge in [0.1, 0.15) is 22.3 Å². The summed E-state index contributed by atoms with van der Waals surface area (Å²) < 4.78 is 12.3. The number of hydrogen-bond acceptors (Lipinski definition) is 10. The van der Waals surface area contributed by atoms with Gasteiger partial charge in [-0.2, -0.15) is 0 Å². The Morgan fingerprint density at radius 3 is 1.04 bits per heavy atom. The summed E-state index contributed by atoms with van der Waals surface area (Å²) >= 11 is 0. The fraction of sp³-hybridized carbons (Fsp3) is 0.0333. The molecule has 10 heteroatoms. The maximum absolute atomic E-state index is 6.14. The minimum Gasteiger partial charge on any atom is -0.456 e. The van der Waals surface area contributed by atoms with Crippen molar-refractivity contribution in [1.29, 1.82) is 0 Å². The Hall–Kier alpha value is -9.54. The second-order valence-electron chi connectivity index (χ2n) is 17.9. The molecule has 0 aliphatic heterocycles. The fourth-order valence-corrected chi connectivity index (χ4v) is 10.7. The second kappa shape index (κ2) is 15.0. The maximum Gasteiger partial charge on any atom is 0.164 e. The molecule has 2 bridgehead atoms. The molecule has 0 fully saturated rings. The molecule has 326 valence electrons. The number of benzene rings is 7. The molecular formula is C60H34N8O2. The van der Waals surface area contributed by atoms with Gasteiger partial charge in [-0.1, -0.05) is 109 Å². The van der Waals surface area contributed by atoms with E-state index in [1.165, 1.54) is 33.4 Å². The first-order valence-corrected chi connectivity index (χ1v) is 23.2. The van der Waals surface area contributed by atoms with E-state index in [2.05, 4.69) is 82.8 Å². The topological polar surface area (TPSA) is 129 Å². The van der Waals surface area contributed by atoms with Gasteiger partial charge in [-0.25, -0.2) is 29.9 Å². The molecule has 70 heavy (non-hydrogen) atoms. The van der Waals surface area contributed by atoms with Crippen molar-refractivity contribution in [3.63, 3.8) is 0 Å². The van der Waals surface area contributed by atoms with Gasteiger partial charge in [-0.3, -0.25) is 9.97 Å². The standard InChI is InChI=1S/C60H34N8O2/c1-3-9-33(10-4-1)55-63-57(67-59(65-55)37-17-21-49-43(27-37)47-31-61-25-23-51(47)69-49)35-15-19-41-45(29-35)53-39-13-7-8-14-40(39)54(41)46-30-36(16-20-42(46)53)58-64-56(34-11-5-2-6-12-34)66-60(68-58)38-18-22-50-44(28-38)48-32-62-26-24-52(48)70-50/h1-32,53-54H. The molecule has 0 amide bonds. The van der Waals surface area contributed by atoms with Gasteiger partial charge in [0, 0.05) is 91.5 Å². The van der Waals surface area contributed by atoms with E-state index in [1.54, 1.807) is 12.4 Å². The van der Waals surface area contributed by atoms with Gasteiger partial charge in [0.25, 0.3) is 0 Å². The van der Waals surface area contributed by atoms with E-state index in [4.69, 9.17) is 38.7 Å². The molecule has 13 aromatic rings. The summed E-state index contributed by atoms with van der Waals surface area (Å²) in [5.41, 5.74) is 16.2. The Kier molecular flexibility index (Phi) is 8.25. The summed E-state index contributed by atoms with van der Waals surface area (Å²) in [5.74, 6) is 3.55. The molecule has 0 saturated heterocycles. The van der Waals surface area contributed by atoms with Crippen LogP contribution in [0.4, 0.5) is 0 Å². The molecule has 10 nitrogen and oxygen atoms in total. The monoisotopic (exact) mass is 898 g/mol. The SMILES string of the molecule is c1ccc(-c2nc(-c3ccc4c(c3)C3c5ccccc5C4c4cc(-c5nc(-c6ccccc6)nc(-c6ccc7oc8ccncc8c7c6)n5)ccc43)nc(-c3ccc4oc5ccncc5c4c3)n2)cc1. The Bertz CT molecular complexity index is 4010. The van der Waals surface area contributed by atoms with Crippen LogP contribution >= 0.6 is 0 Å². The van der Waals surface area contributed by atoms with Crippen LogP contribution in [0.3, 0.4) is 0 Å². The van der Waals surface area contributed by atoms with E-state index in [-0.39, 0.29) is 11.8 Å². The molecule has 16 rings (SSSR count). The minimum absolute atomic E-state index is 0.0136. The van der Waals surface area contributed by atoms with Crippen molar-refractivity contribution < 1.29 is 8.83 Å². The van der Waals surface area contributed by atoms with Crippen molar-refractivity contribution in [2.24, 2.45) is 0 Å². The second-order valence-corrected chi connectivity index (χ2v) is 17.9. The lowest BCUT2D eigenvalue weighted by Crippen LogP contribution is -2.27. The van der Waals surface area contributed by atoms with E-state index in [0.717, 1.165) is 77.3 Å². The average molecular weight is 899 g/mol. The molecule has 2 atom stereocenters. The molecule has 0 spiro atoms. The number of hydrogen-bond donors (Lipinski definition) is 0. The molecule has 6 aromatic heterocycles. The van der Waals surface area contributed by atoms with Crippen molar-refractivity contribution in [3.8, 4) is 68.3 Å². The molecule has 2 unspecified atom stereocenters. The van der Waals surface area contributed by atoms with Gasteiger partial charge in [-0.05, 0) is 94.0 Å². The van der Waals surface area contributed by atoms with Crippen LogP contribution in [0.25, 0.3) is 112 Å². The highest BCUT2D eigenvalue weighted by Crippen LogP contribution is 2.56. The van der Waals surface area contributed by atoms with Crippen LogP contribution in [0.5, 0.6) is 0 Å². The number of aromatic nitrogens is 8. The lowest BCUT2D eigenvalue weighted by molar-refractivity contribution is 0.668. The quantitative estimate of drug-likeness (QED) is 0.159. The summed E-state index contributed by atoms with van der Waals surface area (Å²) in [4.78, 5) is 39.6. The van der Waals surface area contributed by atoms with Crippen LogP contribution in [0.1, 0.15) is 45.2 Å². The minimum atomic E-state index is -0.0136. The first kappa shape index (κ1) is 38.6. The van der Waals surface area contributed by atoms with Gasteiger partial charge in [0.2, 0.25) is 0 Å². The molecule has 0 saturated carbocycles. The van der Waals surface area contributed by atoms with Crippen LogP contribution in [-0.4, -0.2) is 39.9 Å². The van der Waals surface area contributed by atoms with Crippen molar-refractivity contribution in [2.75, 3.05) is 0 Å². The Morgan fingerprint density at radius 2 is 0.614 bits per heavy atom. The number of rotatable bonds is 6. The van der Waals surface area contributed by atoms with Crippen molar-refractivity contribution in [3.05, 3.63) is 228 Å². The van der Waals surface area contributed by atoms with Crippen LogP contribution in [-0.2, 0) is 0 Å². The third kappa shape index (κ3) is 5.99. The summed E-state index contributed by atoms with van der Waals surface area (Å²) in [6.45, 7) is 0. The van der Waals surface area contributed by atoms with Crippen LogP contribution in [0, 0.1) is 0 Å². The zero-order chi connectivity index (χ0) is 45.9. The number of pyridine rings is 2. The third-order valence-corrected chi connectivity index (χ3v) is 13.9.